The quantitative estimate of drug-likeness (QED) is 0.710. The molecule has 0 N–H and O–H groups in total. The van der Waals surface area contributed by atoms with Crippen LogP contribution in [-0.2, 0) is 6.54 Å². The topological polar surface area (TPSA) is 80.0 Å². The zero-order valence-corrected chi connectivity index (χ0v) is 15.0. The van der Waals surface area contributed by atoms with Crippen LogP contribution in [0.4, 0.5) is 11.6 Å². The van der Waals surface area contributed by atoms with Gasteiger partial charge in [-0.25, -0.2) is 14.6 Å². The molecule has 0 radical (unpaired) electrons. The number of anilines is 2. The highest BCUT2D eigenvalue weighted by Gasteiger charge is 2.32. The van der Waals surface area contributed by atoms with E-state index in [0.29, 0.717) is 18.0 Å². The van der Waals surface area contributed by atoms with Crippen LogP contribution in [0, 0.1) is 5.92 Å². The number of pyridine rings is 1. The Morgan fingerprint density at radius 2 is 2.00 bits per heavy atom. The molecule has 136 valence electrons. The molecule has 0 spiro atoms. The van der Waals surface area contributed by atoms with Gasteiger partial charge < -0.3 is 9.80 Å². The number of nitrogens with zero attached hydrogens (tertiary/aromatic N) is 7. The summed E-state index contributed by atoms with van der Waals surface area (Å²) in [5.41, 5.74) is 2.89. The second-order valence-electron chi connectivity index (χ2n) is 7.12. The van der Waals surface area contributed by atoms with Gasteiger partial charge in [0.2, 0.25) is 5.95 Å². The van der Waals surface area contributed by atoms with Crippen molar-refractivity contribution in [2.45, 2.75) is 19.9 Å². The van der Waals surface area contributed by atoms with Crippen LogP contribution >= 0.6 is 0 Å². The summed E-state index contributed by atoms with van der Waals surface area (Å²) in [5, 5.41) is 4.57. The SMILES string of the molecule is C[C@H]1CCN(c2ncc(-n3cc4c(n3)CN(c3cccnc3)C4=O)cn2)C1. The number of rotatable bonds is 3. The average Bonchev–Trinajstić information content (AvgIpc) is 3.39. The molecular formula is C19H19N7O. The van der Waals surface area contributed by atoms with Gasteiger partial charge in [-0.05, 0) is 24.5 Å². The van der Waals surface area contributed by atoms with Crippen molar-refractivity contribution in [1.29, 1.82) is 0 Å². The van der Waals surface area contributed by atoms with Crippen LogP contribution < -0.4 is 9.80 Å². The van der Waals surface area contributed by atoms with Crippen LogP contribution in [0.3, 0.4) is 0 Å². The Morgan fingerprint density at radius 1 is 1.15 bits per heavy atom. The maximum Gasteiger partial charge on any atom is 0.262 e. The summed E-state index contributed by atoms with van der Waals surface area (Å²) in [6.45, 7) is 4.67. The fourth-order valence-corrected chi connectivity index (χ4v) is 3.64. The Bertz CT molecular complexity index is 983. The molecule has 3 aromatic heterocycles. The van der Waals surface area contributed by atoms with Crippen molar-refractivity contribution in [3.63, 3.8) is 0 Å². The maximum atomic E-state index is 12.7. The Kier molecular flexibility index (Phi) is 3.63. The lowest BCUT2D eigenvalue weighted by atomic mass is 10.2. The molecule has 0 unspecified atom stereocenters. The van der Waals surface area contributed by atoms with Gasteiger partial charge in [0.25, 0.3) is 5.91 Å². The smallest absolute Gasteiger partial charge is 0.262 e. The zero-order chi connectivity index (χ0) is 18.4. The first-order chi connectivity index (χ1) is 13.2. The molecule has 1 amide bonds. The van der Waals surface area contributed by atoms with E-state index in [1.54, 1.807) is 40.6 Å². The summed E-state index contributed by atoms with van der Waals surface area (Å²) in [4.78, 5) is 29.6. The molecular weight excluding hydrogens is 342 g/mol. The third-order valence-electron chi connectivity index (χ3n) is 5.13. The van der Waals surface area contributed by atoms with Gasteiger partial charge >= 0.3 is 0 Å². The molecule has 8 nitrogen and oxygen atoms in total. The number of hydrogen-bond donors (Lipinski definition) is 0. The first-order valence-corrected chi connectivity index (χ1v) is 9.07. The van der Waals surface area contributed by atoms with Crippen molar-refractivity contribution in [3.05, 3.63) is 54.4 Å². The lowest BCUT2D eigenvalue weighted by Crippen LogP contribution is -2.24. The molecule has 5 heterocycles. The average molecular weight is 361 g/mol. The van der Waals surface area contributed by atoms with Gasteiger partial charge in [0.15, 0.2) is 0 Å². The number of amides is 1. The molecule has 3 aromatic rings. The Labute approximate surface area is 156 Å². The molecule has 5 rings (SSSR count). The van der Waals surface area contributed by atoms with E-state index in [-0.39, 0.29) is 5.91 Å². The zero-order valence-electron chi connectivity index (χ0n) is 15.0. The van der Waals surface area contributed by atoms with Crippen molar-refractivity contribution in [3.8, 4) is 5.69 Å². The summed E-state index contributed by atoms with van der Waals surface area (Å²) >= 11 is 0. The van der Waals surface area contributed by atoms with E-state index in [1.807, 2.05) is 12.1 Å². The predicted molar refractivity (Wildman–Crippen MR) is 99.9 cm³/mol. The summed E-state index contributed by atoms with van der Waals surface area (Å²) < 4.78 is 1.68. The van der Waals surface area contributed by atoms with Gasteiger partial charge in [-0.15, -0.1) is 0 Å². The maximum absolute atomic E-state index is 12.7. The number of hydrogen-bond acceptors (Lipinski definition) is 6. The van der Waals surface area contributed by atoms with Crippen LogP contribution in [0.5, 0.6) is 0 Å². The highest BCUT2D eigenvalue weighted by Crippen LogP contribution is 2.27. The molecule has 27 heavy (non-hydrogen) atoms. The van der Waals surface area contributed by atoms with E-state index in [1.165, 1.54) is 6.42 Å². The number of carbonyl (C=O) groups is 1. The lowest BCUT2D eigenvalue weighted by Gasteiger charge is -2.16. The highest BCUT2D eigenvalue weighted by molar-refractivity contribution is 6.09. The second-order valence-corrected chi connectivity index (χ2v) is 7.12. The number of carbonyl (C=O) groups excluding carboxylic acids is 1. The van der Waals surface area contributed by atoms with Gasteiger partial charge in [0.05, 0.1) is 42.1 Å². The standard InChI is InChI=1S/C19H19N7O/c1-13-4-6-24(10-13)19-21-8-15(9-22-19)26-11-16-17(23-26)12-25(18(16)27)14-3-2-5-20-7-14/h2-3,5,7-9,11,13H,4,6,10,12H2,1H3/t13-/m0/s1. The Hall–Kier alpha value is -3.29. The normalized spacial score (nSPS) is 19.0. The number of aromatic nitrogens is 5. The van der Waals surface area contributed by atoms with Crippen LogP contribution in [0.25, 0.3) is 5.69 Å². The minimum absolute atomic E-state index is 0.0622. The molecule has 1 saturated heterocycles. The largest absolute Gasteiger partial charge is 0.341 e. The fourth-order valence-electron chi connectivity index (χ4n) is 3.64. The molecule has 0 aliphatic carbocycles. The van der Waals surface area contributed by atoms with Crippen LogP contribution in [0.1, 0.15) is 29.4 Å². The molecule has 1 fully saturated rings. The molecule has 0 aromatic carbocycles. The minimum Gasteiger partial charge on any atom is -0.341 e. The predicted octanol–water partition coefficient (Wildman–Crippen LogP) is 2.06. The van der Waals surface area contributed by atoms with E-state index in [0.717, 1.165) is 36.1 Å². The number of fused-ring (bicyclic) bond motifs is 1. The first-order valence-electron chi connectivity index (χ1n) is 9.07. The van der Waals surface area contributed by atoms with Crippen molar-refractivity contribution in [1.82, 2.24) is 24.7 Å². The molecule has 2 aliphatic heterocycles. The van der Waals surface area contributed by atoms with Crippen molar-refractivity contribution in [2.75, 3.05) is 22.9 Å². The van der Waals surface area contributed by atoms with E-state index in [2.05, 4.69) is 31.9 Å². The van der Waals surface area contributed by atoms with E-state index >= 15 is 0 Å². The van der Waals surface area contributed by atoms with Gasteiger partial charge in [0, 0.05) is 25.5 Å². The van der Waals surface area contributed by atoms with E-state index in [4.69, 9.17) is 0 Å². The monoisotopic (exact) mass is 361 g/mol. The summed E-state index contributed by atoms with van der Waals surface area (Å²) in [6.07, 6.45) is 9.82. The van der Waals surface area contributed by atoms with Crippen molar-refractivity contribution >= 4 is 17.5 Å². The third-order valence-corrected chi connectivity index (χ3v) is 5.13. The van der Waals surface area contributed by atoms with Gasteiger partial charge in [-0.3, -0.25) is 9.78 Å². The molecule has 8 heteroatoms. The molecule has 2 aliphatic rings. The first kappa shape index (κ1) is 15.9. The highest BCUT2D eigenvalue weighted by atomic mass is 16.2. The summed E-state index contributed by atoms with van der Waals surface area (Å²) in [6, 6.07) is 3.69. The van der Waals surface area contributed by atoms with Gasteiger partial charge in [-0.2, -0.15) is 5.10 Å². The molecule has 0 bridgehead atoms. The van der Waals surface area contributed by atoms with Gasteiger partial charge in [0.1, 0.15) is 5.69 Å². The minimum atomic E-state index is -0.0622. The molecule has 0 saturated carbocycles. The lowest BCUT2D eigenvalue weighted by molar-refractivity contribution is 0.0996. The third kappa shape index (κ3) is 2.73. The molecule has 1 atom stereocenters. The second kappa shape index (κ2) is 6.15. The summed E-state index contributed by atoms with van der Waals surface area (Å²) in [5.74, 6) is 1.37. The van der Waals surface area contributed by atoms with Crippen molar-refractivity contribution in [2.24, 2.45) is 5.92 Å². The van der Waals surface area contributed by atoms with E-state index < -0.39 is 0 Å². The Balaban J connectivity index is 1.37. The van der Waals surface area contributed by atoms with Crippen molar-refractivity contribution < 1.29 is 4.79 Å². The van der Waals surface area contributed by atoms with Crippen LogP contribution in [0.2, 0.25) is 0 Å². The van der Waals surface area contributed by atoms with Crippen LogP contribution in [-0.4, -0.2) is 43.7 Å². The van der Waals surface area contributed by atoms with Crippen LogP contribution in [0.15, 0.2) is 43.1 Å². The fraction of sp³-hybridized carbons (Fsp3) is 0.316. The summed E-state index contributed by atoms with van der Waals surface area (Å²) in [7, 11) is 0. The van der Waals surface area contributed by atoms with Gasteiger partial charge in [-0.1, -0.05) is 6.92 Å². The Morgan fingerprint density at radius 3 is 2.67 bits per heavy atom. The van der Waals surface area contributed by atoms with E-state index in [9.17, 15) is 4.79 Å².